The highest BCUT2D eigenvalue weighted by Gasteiger charge is 2.14. The Bertz CT molecular complexity index is 1060. The lowest BCUT2D eigenvalue weighted by atomic mass is 10.1. The van der Waals surface area contributed by atoms with Crippen molar-refractivity contribution in [3.8, 4) is 5.75 Å². The molecule has 4 N–H and O–H groups in total. The van der Waals surface area contributed by atoms with E-state index in [1.807, 2.05) is 6.79 Å². The fraction of sp³-hybridized carbons (Fsp3) is 0. The van der Waals surface area contributed by atoms with E-state index in [1.165, 1.54) is 48.5 Å². The number of carboxylic acid groups (broad SMARTS) is 1. The molecule has 0 saturated carbocycles. The molecule has 0 aliphatic rings. The zero-order chi connectivity index (χ0) is 22.1. The summed E-state index contributed by atoms with van der Waals surface area (Å²) in [5.74, 6) is -2.23. The first kappa shape index (κ1) is 21.8. The third kappa shape index (κ3) is 5.29. The Labute approximate surface area is 171 Å². The number of anilines is 2. The number of aromatic hydroxyl groups is 1. The normalized spacial score (nSPS) is 9.60. The van der Waals surface area contributed by atoms with E-state index in [1.54, 1.807) is 24.3 Å². The molecule has 8 heteroatoms. The molecule has 0 fully saturated rings. The molecular weight excluding hydrogens is 388 g/mol. The van der Waals surface area contributed by atoms with Gasteiger partial charge in [0, 0.05) is 11.3 Å². The number of benzene rings is 3. The van der Waals surface area contributed by atoms with Crippen molar-refractivity contribution in [2.75, 3.05) is 10.6 Å². The van der Waals surface area contributed by atoms with Gasteiger partial charge in [0.25, 0.3) is 11.8 Å². The van der Waals surface area contributed by atoms with Crippen LogP contribution in [0.3, 0.4) is 0 Å². The summed E-state index contributed by atoms with van der Waals surface area (Å²) < 4.78 is 0. The van der Waals surface area contributed by atoms with Crippen molar-refractivity contribution in [3.05, 3.63) is 89.5 Å². The molecule has 2 amide bonds. The second kappa shape index (κ2) is 10.2. The highest BCUT2D eigenvalue weighted by atomic mass is 16.4. The fourth-order valence-corrected chi connectivity index (χ4v) is 2.54. The van der Waals surface area contributed by atoms with Crippen LogP contribution in [-0.2, 0) is 4.79 Å². The maximum atomic E-state index is 12.4. The van der Waals surface area contributed by atoms with Crippen LogP contribution < -0.4 is 10.6 Å². The second-order valence-corrected chi connectivity index (χ2v) is 5.85. The molecule has 3 rings (SSSR count). The molecule has 0 aromatic heterocycles. The van der Waals surface area contributed by atoms with Gasteiger partial charge in [-0.3, -0.25) is 9.59 Å². The molecule has 0 radical (unpaired) electrons. The molecule has 0 atom stereocenters. The number of carbonyl (C=O) groups is 4. The monoisotopic (exact) mass is 406 g/mol. The lowest BCUT2D eigenvalue weighted by Gasteiger charge is -2.10. The first-order chi connectivity index (χ1) is 14.5. The minimum absolute atomic E-state index is 0.0117. The number of hydrogen-bond acceptors (Lipinski definition) is 5. The molecule has 0 heterocycles. The molecule has 0 unspecified atom stereocenters. The quantitative estimate of drug-likeness (QED) is 0.513. The number of carboxylic acids is 1. The van der Waals surface area contributed by atoms with Gasteiger partial charge < -0.3 is 25.6 Å². The summed E-state index contributed by atoms with van der Waals surface area (Å²) in [6.07, 6.45) is 0. The Balaban J connectivity index is 0.00000155. The van der Waals surface area contributed by atoms with E-state index in [0.29, 0.717) is 11.3 Å². The maximum absolute atomic E-state index is 12.4. The van der Waals surface area contributed by atoms with Crippen LogP contribution in [0.5, 0.6) is 5.75 Å². The molecular formula is C22H18N2O6. The largest absolute Gasteiger partial charge is 0.507 e. The molecule has 0 spiro atoms. The Hall–Kier alpha value is -4.46. The van der Waals surface area contributed by atoms with Crippen LogP contribution in [0.1, 0.15) is 31.1 Å². The summed E-state index contributed by atoms with van der Waals surface area (Å²) in [5, 5.41) is 24.1. The van der Waals surface area contributed by atoms with E-state index in [4.69, 9.17) is 4.79 Å². The van der Waals surface area contributed by atoms with Crippen LogP contribution in [0, 0.1) is 0 Å². The van der Waals surface area contributed by atoms with Gasteiger partial charge in [0.2, 0.25) is 0 Å². The van der Waals surface area contributed by atoms with E-state index in [0.717, 1.165) is 0 Å². The molecule has 152 valence electrons. The van der Waals surface area contributed by atoms with Crippen molar-refractivity contribution in [1.82, 2.24) is 0 Å². The number of aromatic carboxylic acids is 1. The average Bonchev–Trinajstić information content (AvgIpc) is 2.76. The van der Waals surface area contributed by atoms with Crippen LogP contribution in [0.15, 0.2) is 72.8 Å². The van der Waals surface area contributed by atoms with Crippen molar-refractivity contribution in [3.63, 3.8) is 0 Å². The number of hydrogen-bond donors (Lipinski definition) is 4. The molecule has 0 aliphatic heterocycles. The molecule has 0 bridgehead atoms. The van der Waals surface area contributed by atoms with Gasteiger partial charge in [-0.1, -0.05) is 24.3 Å². The average molecular weight is 406 g/mol. The van der Waals surface area contributed by atoms with E-state index in [9.17, 15) is 24.6 Å². The minimum atomic E-state index is -1.14. The molecule has 0 aliphatic carbocycles. The SMILES string of the molecule is C=O.O=C(Nc1ccccc1C(=O)O)c1ccc(NC(=O)c2ccccc2O)cc1. The van der Waals surface area contributed by atoms with Crippen LogP contribution in [0.4, 0.5) is 11.4 Å². The minimum Gasteiger partial charge on any atom is -0.507 e. The summed E-state index contributed by atoms with van der Waals surface area (Å²) in [6, 6.07) is 18.3. The number of para-hydroxylation sites is 2. The highest BCUT2D eigenvalue weighted by Crippen LogP contribution is 2.19. The van der Waals surface area contributed by atoms with E-state index >= 15 is 0 Å². The van der Waals surface area contributed by atoms with Crippen molar-refractivity contribution in [1.29, 1.82) is 0 Å². The predicted octanol–water partition coefficient (Wildman–Crippen LogP) is 3.41. The van der Waals surface area contributed by atoms with E-state index < -0.39 is 17.8 Å². The Morgan fingerprint density at radius 3 is 1.87 bits per heavy atom. The number of carbonyl (C=O) groups excluding carboxylic acids is 3. The summed E-state index contributed by atoms with van der Waals surface area (Å²) in [6.45, 7) is 2.00. The van der Waals surface area contributed by atoms with Crippen molar-refractivity contribution < 1.29 is 29.4 Å². The molecule has 30 heavy (non-hydrogen) atoms. The van der Waals surface area contributed by atoms with Gasteiger partial charge in [-0.15, -0.1) is 0 Å². The van der Waals surface area contributed by atoms with Crippen molar-refractivity contribution in [2.24, 2.45) is 0 Å². The first-order valence-corrected chi connectivity index (χ1v) is 8.57. The lowest BCUT2D eigenvalue weighted by molar-refractivity contribution is -0.0980. The van der Waals surface area contributed by atoms with Gasteiger partial charge in [0.15, 0.2) is 0 Å². The van der Waals surface area contributed by atoms with Crippen LogP contribution in [0.25, 0.3) is 0 Å². The van der Waals surface area contributed by atoms with Crippen LogP contribution >= 0.6 is 0 Å². The summed E-state index contributed by atoms with van der Waals surface area (Å²) in [7, 11) is 0. The molecule has 0 saturated heterocycles. The van der Waals surface area contributed by atoms with Gasteiger partial charge in [-0.25, -0.2) is 4.79 Å². The molecule has 3 aromatic rings. The summed E-state index contributed by atoms with van der Waals surface area (Å²) in [5.41, 5.74) is 1.05. The van der Waals surface area contributed by atoms with Crippen LogP contribution in [0.2, 0.25) is 0 Å². The standard InChI is InChI=1S/C21H16N2O5.CH2O/c24-18-8-4-2-6-16(18)20(26)22-14-11-9-13(10-12-14)19(25)23-17-7-3-1-5-15(17)21(27)28;1-2/h1-12,24H,(H,22,26)(H,23,25)(H,27,28);1H2. The number of phenols is 1. The predicted molar refractivity (Wildman–Crippen MR) is 111 cm³/mol. The van der Waals surface area contributed by atoms with Gasteiger partial charge in [0.05, 0.1) is 16.8 Å². The van der Waals surface area contributed by atoms with Gasteiger partial charge in [0.1, 0.15) is 12.5 Å². The Morgan fingerprint density at radius 2 is 1.27 bits per heavy atom. The van der Waals surface area contributed by atoms with Gasteiger partial charge in [-0.05, 0) is 48.5 Å². The molecule has 8 nitrogen and oxygen atoms in total. The van der Waals surface area contributed by atoms with Crippen molar-refractivity contribution >= 4 is 35.9 Å². The number of nitrogens with one attached hydrogen (secondary N) is 2. The highest BCUT2D eigenvalue weighted by molar-refractivity contribution is 6.09. The molecule has 3 aromatic carbocycles. The Morgan fingerprint density at radius 1 is 0.700 bits per heavy atom. The zero-order valence-electron chi connectivity index (χ0n) is 15.7. The van der Waals surface area contributed by atoms with E-state index in [2.05, 4.69) is 10.6 Å². The third-order valence-electron chi connectivity index (χ3n) is 3.96. The third-order valence-corrected chi connectivity index (χ3v) is 3.96. The summed E-state index contributed by atoms with van der Waals surface area (Å²) in [4.78, 5) is 43.8. The van der Waals surface area contributed by atoms with Gasteiger partial charge >= 0.3 is 5.97 Å². The number of rotatable bonds is 5. The first-order valence-electron chi connectivity index (χ1n) is 8.57. The Kier molecular flexibility index (Phi) is 7.41. The van der Waals surface area contributed by atoms with Gasteiger partial charge in [-0.2, -0.15) is 0 Å². The maximum Gasteiger partial charge on any atom is 0.337 e. The number of phenolic OH excluding ortho intramolecular Hbond substituents is 1. The lowest BCUT2D eigenvalue weighted by Crippen LogP contribution is -2.15. The van der Waals surface area contributed by atoms with Crippen molar-refractivity contribution in [2.45, 2.75) is 0 Å². The smallest absolute Gasteiger partial charge is 0.337 e. The van der Waals surface area contributed by atoms with E-state index in [-0.39, 0.29) is 22.6 Å². The topological polar surface area (TPSA) is 133 Å². The zero-order valence-corrected chi connectivity index (χ0v) is 15.7. The van der Waals surface area contributed by atoms with Crippen LogP contribution in [-0.4, -0.2) is 34.8 Å². The number of amides is 2. The second-order valence-electron chi connectivity index (χ2n) is 5.85. The fourth-order valence-electron chi connectivity index (χ4n) is 2.54. The summed E-state index contributed by atoms with van der Waals surface area (Å²) >= 11 is 0.